The molecule has 0 aliphatic heterocycles. The topological polar surface area (TPSA) is 137 Å². The molecular weight excluding hydrogens is 446 g/mol. The van der Waals surface area contributed by atoms with Crippen LogP contribution in [0.4, 0.5) is 11.5 Å². The van der Waals surface area contributed by atoms with Gasteiger partial charge < -0.3 is 15.4 Å². The van der Waals surface area contributed by atoms with E-state index in [2.05, 4.69) is 39.5 Å². The van der Waals surface area contributed by atoms with Gasteiger partial charge in [-0.1, -0.05) is 37.7 Å². The molecule has 1 amide bonds. The number of anilines is 1. The predicted molar refractivity (Wildman–Crippen MR) is 127 cm³/mol. The second-order valence-electron chi connectivity index (χ2n) is 7.28. The molecule has 0 atom stereocenters. The number of carbonyl (C=O) groups is 1. The van der Waals surface area contributed by atoms with Gasteiger partial charge in [-0.05, 0) is 13.0 Å². The van der Waals surface area contributed by atoms with E-state index in [1.165, 1.54) is 18.2 Å². The zero-order valence-electron chi connectivity index (χ0n) is 18.8. The molecule has 12 heteroatoms. The Hall–Kier alpha value is -3.25. The molecule has 0 spiro atoms. The van der Waals surface area contributed by atoms with Crippen molar-refractivity contribution in [3.05, 3.63) is 46.1 Å². The molecule has 0 aliphatic rings. The number of para-hydroxylation sites is 1. The Morgan fingerprint density at radius 2 is 2.06 bits per heavy atom. The Balaban J connectivity index is 1.75. The van der Waals surface area contributed by atoms with E-state index in [1.807, 2.05) is 6.92 Å². The van der Waals surface area contributed by atoms with Gasteiger partial charge in [0, 0.05) is 31.0 Å². The standard InChI is InChI=1S/C21H27N7O4S/c1-4-32-12-10-22-18-16-13-24-27(19(16)26-21(25-18)33-14(2)3)11-9-23-20(29)15-7-5-6-8-17(15)28(30)31/h5-8,13-14H,4,9-12H2,1-3H3,(H,23,29)(H,22,25,26). The normalized spacial score (nSPS) is 11.2. The third-order valence-corrected chi connectivity index (χ3v) is 5.38. The minimum atomic E-state index is -0.569. The van der Waals surface area contributed by atoms with Gasteiger partial charge in [0.2, 0.25) is 0 Å². The van der Waals surface area contributed by atoms with Crippen LogP contribution in [0.15, 0.2) is 35.6 Å². The summed E-state index contributed by atoms with van der Waals surface area (Å²) in [6.07, 6.45) is 1.69. The number of fused-ring (bicyclic) bond motifs is 1. The second kappa shape index (κ2) is 11.6. The summed E-state index contributed by atoms with van der Waals surface area (Å²) < 4.78 is 7.08. The van der Waals surface area contributed by atoms with E-state index in [4.69, 9.17) is 4.74 Å². The molecule has 3 rings (SSSR count). The third kappa shape index (κ3) is 6.39. The van der Waals surface area contributed by atoms with Crippen LogP contribution in [0.1, 0.15) is 31.1 Å². The van der Waals surface area contributed by atoms with Crippen LogP contribution in [0.25, 0.3) is 11.0 Å². The van der Waals surface area contributed by atoms with Crippen molar-refractivity contribution >= 4 is 40.2 Å². The average molecular weight is 474 g/mol. The van der Waals surface area contributed by atoms with Crippen molar-refractivity contribution in [2.24, 2.45) is 0 Å². The number of ether oxygens (including phenoxy) is 1. The summed E-state index contributed by atoms with van der Waals surface area (Å²) in [5.41, 5.74) is 0.434. The van der Waals surface area contributed by atoms with E-state index in [0.29, 0.717) is 48.2 Å². The van der Waals surface area contributed by atoms with Gasteiger partial charge in [0.15, 0.2) is 10.8 Å². The number of rotatable bonds is 12. The number of nitrogens with zero attached hydrogens (tertiary/aromatic N) is 5. The van der Waals surface area contributed by atoms with Crippen molar-refractivity contribution in [2.75, 3.05) is 31.6 Å². The third-order valence-electron chi connectivity index (χ3n) is 4.51. The molecular formula is C21H27N7O4S. The molecule has 3 aromatic rings. The Morgan fingerprint density at radius 1 is 1.27 bits per heavy atom. The van der Waals surface area contributed by atoms with Crippen molar-refractivity contribution in [1.29, 1.82) is 0 Å². The molecule has 2 N–H and O–H groups in total. The van der Waals surface area contributed by atoms with E-state index in [-0.39, 0.29) is 17.8 Å². The van der Waals surface area contributed by atoms with Crippen molar-refractivity contribution in [1.82, 2.24) is 25.1 Å². The molecule has 176 valence electrons. The van der Waals surface area contributed by atoms with E-state index < -0.39 is 10.8 Å². The van der Waals surface area contributed by atoms with Gasteiger partial charge in [0.25, 0.3) is 11.6 Å². The molecule has 0 unspecified atom stereocenters. The first-order valence-corrected chi connectivity index (χ1v) is 11.5. The van der Waals surface area contributed by atoms with Gasteiger partial charge in [-0.15, -0.1) is 0 Å². The first kappa shape index (κ1) is 24.4. The fourth-order valence-corrected chi connectivity index (χ4v) is 3.78. The monoisotopic (exact) mass is 473 g/mol. The maximum absolute atomic E-state index is 12.5. The summed E-state index contributed by atoms with van der Waals surface area (Å²) in [6, 6.07) is 5.85. The molecule has 2 heterocycles. The summed E-state index contributed by atoms with van der Waals surface area (Å²) in [6.45, 7) is 8.45. The number of benzene rings is 1. The fraction of sp³-hybridized carbons (Fsp3) is 0.429. The molecule has 0 saturated carbocycles. The average Bonchev–Trinajstić information content (AvgIpc) is 3.19. The number of hydrogen-bond donors (Lipinski definition) is 2. The van der Waals surface area contributed by atoms with Crippen molar-refractivity contribution in [2.45, 2.75) is 37.7 Å². The van der Waals surface area contributed by atoms with Crippen LogP contribution in [0.2, 0.25) is 0 Å². The van der Waals surface area contributed by atoms with Crippen molar-refractivity contribution in [3.8, 4) is 0 Å². The zero-order valence-corrected chi connectivity index (χ0v) is 19.6. The molecule has 2 aromatic heterocycles. The lowest BCUT2D eigenvalue weighted by molar-refractivity contribution is -0.385. The molecule has 0 fully saturated rings. The van der Waals surface area contributed by atoms with Gasteiger partial charge in [0.05, 0.1) is 29.7 Å². The first-order valence-electron chi connectivity index (χ1n) is 10.6. The van der Waals surface area contributed by atoms with Gasteiger partial charge >= 0.3 is 0 Å². The van der Waals surface area contributed by atoms with Crippen LogP contribution in [-0.4, -0.2) is 62.1 Å². The van der Waals surface area contributed by atoms with Gasteiger partial charge in [-0.2, -0.15) is 5.10 Å². The summed E-state index contributed by atoms with van der Waals surface area (Å²) in [7, 11) is 0. The number of aromatic nitrogens is 4. The lowest BCUT2D eigenvalue weighted by Gasteiger charge is -2.11. The molecule has 11 nitrogen and oxygen atoms in total. The minimum Gasteiger partial charge on any atom is -0.380 e. The molecule has 1 aromatic carbocycles. The first-order chi connectivity index (χ1) is 15.9. The highest BCUT2D eigenvalue weighted by Crippen LogP contribution is 2.26. The van der Waals surface area contributed by atoms with Crippen molar-refractivity contribution < 1.29 is 14.5 Å². The predicted octanol–water partition coefficient (Wildman–Crippen LogP) is 3.11. The summed E-state index contributed by atoms with van der Waals surface area (Å²) in [5, 5.41) is 23.3. The van der Waals surface area contributed by atoms with E-state index in [0.717, 1.165) is 5.39 Å². The molecule has 33 heavy (non-hydrogen) atoms. The van der Waals surface area contributed by atoms with Gasteiger partial charge in [-0.25, -0.2) is 14.6 Å². The van der Waals surface area contributed by atoms with Crippen LogP contribution in [0, 0.1) is 10.1 Å². The summed E-state index contributed by atoms with van der Waals surface area (Å²) in [5.74, 6) is 0.167. The Morgan fingerprint density at radius 3 is 2.79 bits per heavy atom. The fourth-order valence-electron chi connectivity index (χ4n) is 3.08. The molecule has 0 bridgehead atoms. The number of carbonyl (C=O) groups excluding carboxylic acids is 1. The number of hydrogen-bond acceptors (Lipinski definition) is 9. The number of nitrogens with one attached hydrogen (secondary N) is 2. The van der Waals surface area contributed by atoms with Crippen LogP contribution >= 0.6 is 11.8 Å². The Labute approximate surface area is 195 Å². The number of thioether (sulfide) groups is 1. The lowest BCUT2D eigenvalue weighted by Crippen LogP contribution is -2.28. The second-order valence-corrected chi connectivity index (χ2v) is 8.82. The zero-order chi connectivity index (χ0) is 23.8. The maximum atomic E-state index is 12.5. The van der Waals surface area contributed by atoms with E-state index >= 15 is 0 Å². The highest BCUT2D eigenvalue weighted by molar-refractivity contribution is 7.99. The summed E-state index contributed by atoms with van der Waals surface area (Å²) in [4.78, 5) is 32.3. The molecule has 0 saturated heterocycles. The lowest BCUT2D eigenvalue weighted by atomic mass is 10.1. The van der Waals surface area contributed by atoms with Gasteiger partial charge in [0.1, 0.15) is 11.4 Å². The van der Waals surface area contributed by atoms with Crippen LogP contribution in [-0.2, 0) is 11.3 Å². The Bertz CT molecular complexity index is 1120. The summed E-state index contributed by atoms with van der Waals surface area (Å²) >= 11 is 1.55. The van der Waals surface area contributed by atoms with Gasteiger partial charge in [-0.3, -0.25) is 14.9 Å². The number of nitro groups is 1. The largest absolute Gasteiger partial charge is 0.380 e. The van der Waals surface area contributed by atoms with Crippen LogP contribution < -0.4 is 10.6 Å². The smallest absolute Gasteiger partial charge is 0.282 e. The highest BCUT2D eigenvalue weighted by atomic mass is 32.2. The minimum absolute atomic E-state index is 0.0200. The van der Waals surface area contributed by atoms with E-state index in [9.17, 15) is 14.9 Å². The quantitative estimate of drug-likeness (QED) is 0.134. The van der Waals surface area contributed by atoms with Crippen molar-refractivity contribution in [3.63, 3.8) is 0 Å². The highest BCUT2D eigenvalue weighted by Gasteiger charge is 2.19. The number of nitro benzene ring substituents is 1. The van der Waals surface area contributed by atoms with E-state index in [1.54, 1.807) is 28.7 Å². The molecule has 0 radical (unpaired) electrons. The number of amides is 1. The molecule has 0 aliphatic carbocycles. The SMILES string of the molecule is CCOCCNc1nc(SC(C)C)nc2c1cnn2CCNC(=O)c1ccccc1[N+](=O)[O-]. The van der Waals surface area contributed by atoms with Crippen LogP contribution in [0.5, 0.6) is 0 Å². The maximum Gasteiger partial charge on any atom is 0.282 e. The Kier molecular flexibility index (Phi) is 8.55. The van der Waals surface area contributed by atoms with Crippen LogP contribution in [0.3, 0.4) is 0 Å².